The first-order valence-corrected chi connectivity index (χ1v) is 7.35. The van der Waals surface area contributed by atoms with Gasteiger partial charge in [-0.2, -0.15) is 5.10 Å². The van der Waals surface area contributed by atoms with E-state index in [1.165, 1.54) is 5.39 Å². The zero-order chi connectivity index (χ0) is 13.9. The summed E-state index contributed by atoms with van der Waals surface area (Å²) in [5, 5.41) is 5.80. The molecule has 1 saturated carbocycles. The number of nitrogens with zero attached hydrogens (tertiary/aromatic N) is 2. The number of carbonyl (C=O) groups excluding carboxylic acids is 1. The molecule has 1 aliphatic carbocycles. The topological polar surface area (TPSA) is 44.1 Å². The van der Waals surface area contributed by atoms with Crippen LogP contribution in [0, 0.1) is 0 Å². The van der Waals surface area contributed by atoms with Crippen molar-refractivity contribution in [1.82, 2.24) is 9.78 Å². The van der Waals surface area contributed by atoms with Crippen molar-refractivity contribution in [3.05, 3.63) is 30.0 Å². The highest BCUT2D eigenvalue weighted by molar-refractivity contribution is 5.81. The molecule has 0 amide bonds. The van der Waals surface area contributed by atoms with Crippen molar-refractivity contribution >= 4 is 16.7 Å². The molecule has 0 bridgehead atoms. The number of hydrogen-bond donors (Lipinski definition) is 0. The van der Waals surface area contributed by atoms with Gasteiger partial charge >= 0.3 is 0 Å². The summed E-state index contributed by atoms with van der Waals surface area (Å²) in [5.74, 6) is 0.366. The van der Waals surface area contributed by atoms with Gasteiger partial charge in [0.15, 0.2) is 0 Å². The lowest BCUT2D eigenvalue weighted by atomic mass is 9.96. The fourth-order valence-electron chi connectivity index (χ4n) is 2.82. The van der Waals surface area contributed by atoms with E-state index in [0.29, 0.717) is 25.2 Å². The number of ketones is 1. The molecule has 1 aliphatic rings. The van der Waals surface area contributed by atoms with Gasteiger partial charge in [-0.25, -0.2) is 0 Å². The normalized spacial score (nSPS) is 16.9. The first-order chi connectivity index (χ1) is 9.78. The van der Waals surface area contributed by atoms with Crippen molar-refractivity contribution in [2.75, 3.05) is 0 Å². The van der Waals surface area contributed by atoms with Crippen LogP contribution in [0.2, 0.25) is 0 Å². The molecule has 4 nitrogen and oxygen atoms in total. The molecule has 0 spiro atoms. The molecule has 1 fully saturated rings. The van der Waals surface area contributed by atoms with Gasteiger partial charge in [-0.1, -0.05) is 18.2 Å². The van der Waals surface area contributed by atoms with Crippen molar-refractivity contribution in [1.29, 1.82) is 0 Å². The van der Waals surface area contributed by atoms with Crippen LogP contribution in [0.4, 0.5) is 0 Å². The Morgan fingerprint density at radius 1 is 1.30 bits per heavy atom. The molecular weight excluding hydrogens is 252 g/mol. The highest BCUT2D eigenvalue weighted by atomic mass is 16.5. The molecule has 106 valence electrons. The second-order valence-electron chi connectivity index (χ2n) is 5.33. The van der Waals surface area contributed by atoms with Crippen molar-refractivity contribution in [2.24, 2.45) is 0 Å². The first kappa shape index (κ1) is 13.3. The van der Waals surface area contributed by atoms with E-state index in [0.717, 1.165) is 30.6 Å². The third kappa shape index (κ3) is 2.61. The van der Waals surface area contributed by atoms with Crippen molar-refractivity contribution < 1.29 is 9.53 Å². The lowest BCUT2D eigenvalue weighted by molar-refractivity contribution is -0.123. The second kappa shape index (κ2) is 5.75. The standard InChI is InChI=1S/C16H20N2O2/c1-2-18-16-6-4-3-5-14(16)15(17-18)11-20-13-9-7-12(19)8-10-13/h3-6,13H,2,7-11H2,1H3. The number of carbonyl (C=O) groups is 1. The zero-order valence-corrected chi connectivity index (χ0v) is 11.8. The Bertz CT molecular complexity index is 608. The summed E-state index contributed by atoms with van der Waals surface area (Å²) >= 11 is 0. The van der Waals surface area contributed by atoms with E-state index in [1.54, 1.807) is 0 Å². The Morgan fingerprint density at radius 3 is 2.80 bits per heavy atom. The quantitative estimate of drug-likeness (QED) is 0.859. The van der Waals surface area contributed by atoms with E-state index >= 15 is 0 Å². The van der Waals surface area contributed by atoms with E-state index < -0.39 is 0 Å². The SMILES string of the molecule is CCn1nc(COC2CCC(=O)CC2)c2ccccc21. The van der Waals surface area contributed by atoms with Gasteiger partial charge in [0.25, 0.3) is 0 Å². The summed E-state index contributed by atoms with van der Waals surface area (Å²) in [5.41, 5.74) is 2.16. The van der Waals surface area contributed by atoms with Crippen LogP contribution in [0.15, 0.2) is 24.3 Å². The molecule has 1 aromatic heterocycles. The third-order valence-electron chi connectivity index (χ3n) is 3.98. The molecule has 0 saturated heterocycles. The van der Waals surface area contributed by atoms with Crippen molar-refractivity contribution in [2.45, 2.75) is 51.9 Å². The third-order valence-corrected chi connectivity index (χ3v) is 3.98. The average Bonchev–Trinajstić information content (AvgIpc) is 2.85. The Balaban J connectivity index is 1.73. The Morgan fingerprint density at radius 2 is 2.05 bits per heavy atom. The number of fused-ring (bicyclic) bond motifs is 1. The molecule has 0 N–H and O–H groups in total. The minimum atomic E-state index is 0.207. The van der Waals surface area contributed by atoms with E-state index in [1.807, 2.05) is 16.8 Å². The predicted molar refractivity (Wildman–Crippen MR) is 77.5 cm³/mol. The van der Waals surface area contributed by atoms with Gasteiger partial charge in [0, 0.05) is 24.8 Å². The highest BCUT2D eigenvalue weighted by Gasteiger charge is 2.20. The minimum absolute atomic E-state index is 0.207. The fourth-order valence-corrected chi connectivity index (χ4v) is 2.82. The molecule has 0 radical (unpaired) electrons. The molecule has 4 heteroatoms. The number of aromatic nitrogens is 2. The van der Waals surface area contributed by atoms with Crippen LogP contribution in [-0.4, -0.2) is 21.7 Å². The molecule has 0 aliphatic heterocycles. The number of benzene rings is 1. The molecular formula is C16H20N2O2. The van der Waals surface area contributed by atoms with E-state index in [-0.39, 0.29) is 6.10 Å². The number of ether oxygens (including phenoxy) is 1. The monoisotopic (exact) mass is 272 g/mol. The minimum Gasteiger partial charge on any atom is -0.372 e. The van der Waals surface area contributed by atoms with Gasteiger partial charge < -0.3 is 4.74 Å². The average molecular weight is 272 g/mol. The molecule has 1 aromatic carbocycles. The van der Waals surface area contributed by atoms with Crippen LogP contribution in [0.1, 0.15) is 38.3 Å². The summed E-state index contributed by atoms with van der Waals surface area (Å²) in [6.07, 6.45) is 3.23. The van der Waals surface area contributed by atoms with Gasteiger partial charge in [-0.05, 0) is 25.8 Å². The van der Waals surface area contributed by atoms with Crippen LogP contribution in [0.3, 0.4) is 0 Å². The summed E-state index contributed by atoms with van der Waals surface area (Å²) < 4.78 is 7.97. The molecule has 1 heterocycles. The Hall–Kier alpha value is -1.68. The Kier molecular flexibility index (Phi) is 3.83. The van der Waals surface area contributed by atoms with Gasteiger partial charge in [-0.3, -0.25) is 9.48 Å². The summed E-state index contributed by atoms with van der Waals surface area (Å²) in [6, 6.07) is 8.26. The maximum Gasteiger partial charge on any atom is 0.133 e. The van der Waals surface area contributed by atoms with Crippen LogP contribution in [-0.2, 0) is 22.7 Å². The highest BCUT2D eigenvalue weighted by Crippen LogP contribution is 2.22. The molecule has 2 aromatic rings. The molecule has 0 unspecified atom stereocenters. The van der Waals surface area contributed by atoms with Crippen LogP contribution in [0.5, 0.6) is 0 Å². The first-order valence-electron chi connectivity index (χ1n) is 7.35. The summed E-state index contributed by atoms with van der Waals surface area (Å²) in [4.78, 5) is 11.2. The van der Waals surface area contributed by atoms with Crippen molar-refractivity contribution in [3.63, 3.8) is 0 Å². The van der Waals surface area contributed by atoms with Gasteiger partial charge in [0.1, 0.15) is 5.78 Å². The fraction of sp³-hybridized carbons (Fsp3) is 0.500. The molecule has 20 heavy (non-hydrogen) atoms. The van der Waals surface area contributed by atoms with E-state index in [2.05, 4.69) is 24.2 Å². The van der Waals surface area contributed by atoms with Crippen LogP contribution >= 0.6 is 0 Å². The lowest BCUT2D eigenvalue weighted by Crippen LogP contribution is -2.21. The number of hydrogen-bond acceptors (Lipinski definition) is 3. The second-order valence-corrected chi connectivity index (χ2v) is 5.33. The molecule has 3 rings (SSSR count). The van der Waals surface area contributed by atoms with Gasteiger partial charge in [0.2, 0.25) is 0 Å². The van der Waals surface area contributed by atoms with Gasteiger partial charge in [0.05, 0.1) is 23.9 Å². The largest absolute Gasteiger partial charge is 0.372 e. The maximum absolute atomic E-state index is 11.2. The van der Waals surface area contributed by atoms with E-state index in [4.69, 9.17) is 4.74 Å². The Labute approximate surface area is 118 Å². The van der Waals surface area contributed by atoms with Crippen LogP contribution in [0.25, 0.3) is 10.9 Å². The van der Waals surface area contributed by atoms with E-state index in [9.17, 15) is 4.79 Å². The smallest absolute Gasteiger partial charge is 0.133 e. The number of aryl methyl sites for hydroxylation is 1. The zero-order valence-electron chi connectivity index (χ0n) is 11.8. The lowest BCUT2D eigenvalue weighted by Gasteiger charge is -2.20. The molecule has 0 atom stereocenters. The number of para-hydroxylation sites is 1. The van der Waals surface area contributed by atoms with Crippen molar-refractivity contribution in [3.8, 4) is 0 Å². The predicted octanol–water partition coefficient (Wildman–Crippen LogP) is 3.08. The van der Waals surface area contributed by atoms with Crippen LogP contribution < -0.4 is 0 Å². The number of Topliss-reactive ketones (excluding diaryl/α,β-unsaturated/α-hetero) is 1. The number of rotatable bonds is 4. The summed E-state index contributed by atoms with van der Waals surface area (Å²) in [6.45, 7) is 3.49. The van der Waals surface area contributed by atoms with Gasteiger partial charge in [-0.15, -0.1) is 0 Å². The maximum atomic E-state index is 11.2. The summed E-state index contributed by atoms with van der Waals surface area (Å²) in [7, 11) is 0.